The van der Waals surface area contributed by atoms with Crippen LogP contribution in [0.3, 0.4) is 0 Å². The summed E-state index contributed by atoms with van der Waals surface area (Å²) in [6.07, 6.45) is 1.54. The van der Waals surface area contributed by atoms with Gasteiger partial charge in [0, 0.05) is 18.8 Å². The van der Waals surface area contributed by atoms with E-state index in [1.807, 2.05) is 24.3 Å². The van der Waals surface area contributed by atoms with Crippen molar-refractivity contribution in [3.63, 3.8) is 0 Å². The fourth-order valence-corrected chi connectivity index (χ4v) is 2.58. The summed E-state index contributed by atoms with van der Waals surface area (Å²) in [5.74, 6) is 1.84. The monoisotopic (exact) mass is 268 g/mol. The zero-order valence-electron chi connectivity index (χ0n) is 10.9. The highest BCUT2D eigenvalue weighted by molar-refractivity contribution is 7.99. The quantitative estimate of drug-likeness (QED) is 0.509. The lowest BCUT2D eigenvalue weighted by Crippen LogP contribution is -2.04. The highest BCUT2D eigenvalue weighted by Crippen LogP contribution is 2.31. The van der Waals surface area contributed by atoms with Gasteiger partial charge in [0.2, 0.25) is 0 Å². The van der Waals surface area contributed by atoms with Gasteiger partial charge in [-0.05, 0) is 23.4 Å². The number of rotatable bonds is 9. The normalized spacial score (nSPS) is 12.1. The van der Waals surface area contributed by atoms with E-state index in [0.29, 0.717) is 19.6 Å². The zero-order valence-corrected chi connectivity index (χ0v) is 11.7. The van der Waals surface area contributed by atoms with Crippen molar-refractivity contribution in [3.8, 4) is 5.75 Å². The molecular formula is C14H20O3S. The van der Waals surface area contributed by atoms with Crippen LogP contribution >= 0.6 is 11.8 Å². The van der Waals surface area contributed by atoms with Gasteiger partial charge >= 0.3 is 0 Å². The molecular weight excluding hydrogens is 248 g/mol. The second kappa shape index (κ2) is 9.00. The molecule has 0 radical (unpaired) electrons. The third-order valence-electron chi connectivity index (χ3n) is 2.49. The van der Waals surface area contributed by atoms with Gasteiger partial charge in [0.05, 0.1) is 6.61 Å². The molecule has 4 heteroatoms. The molecule has 1 aromatic rings. The molecule has 0 saturated carbocycles. The standard InChI is InChI=1S/C14H20O3S/c1-3-18-14(8-9-15)12-4-6-13(7-5-12)17-11-10-16-2/h4-7,9,14H,3,8,10-11H2,1-2H3. The summed E-state index contributed by atoms with van der Waals surface area (Å²) in [5, 5.41) is 0.250. The van der Waals surface area contributed by atoms with E-state index in [1.54, 1.807) is 18.9 Å². The predicted molar refractivity (Wildman–Crippen MR) is 75.4 cm³/mol. The maximum absolute atomic E-state index is 10.7. The Bertz CT molecular complexity index is 337. The van der Waals surface area contributed by atoms with Crippen molar-refractivity contribution < 1.29 is 14.3 Å². The third-order valence-corrected chi connectivity index (χ3v) is 3.69. The minimum absolute atomic E-state index is 0.250. The molecule has 0 aliphatic heterocycles. The number of methoxy groups -OCH3 is 1. The Kier molecular flexibility index (Phi) is 7.53. The van der Waals surface area contributed by atoms with Crippen molar-refractivity contribution in [2.75, 3.05) is 26.1 Å². The summed E-state index contributed by atoms with van der Waals surface area (Å²) in [6.45, 7) is 3.24. The number of aldehydes is 1. The van der Waals surface area contributed by atoms with Crippen LogP contribution in [0, 0.1) is 0 Å². The number of hydrogen-bond donors (Lipinski definition) is 0. The first-order chi connectivity index (χ1) is 8.81. The first-order valence-corrected chi connectivity index (χ1v) is 7.13. The van der Waals surface area contributed by atoms with Gasteiger partial charge in [-0.3, -0.25) is 0 Å². The number of ether oxygens (including phenoxy) is 2. The van der Waals surface area contributed by atoms with Gasteiger partial charge in [0.1, 0.15) is 18.6 Å². The Balaban J connectivity index is 2.58. The molecule has 0 heterocycles. The highest BCUT2D eigenvalue weighted by Gasteiger charge is 2.10. The minimum atomic E-state index is 0.250. The Morgan fingerprint density at radius 1 is 1.28 bits per heavy atom. The van der Waals surface area contributed by atoms with Crippen LogP contribution in [-0.2, 0) is 9.53 Å². The molecule has 1 atom stereocenters. The fourth-order valence-electron chi connectivity index (χ4n) is 1.61. The van der Waals surface area contributed by atoms with Gasteiger partial charge < -0.3 is 14.3 Å². The molecule has 1 unspecified atom stereocenters. The second-order valence-corrected chi connectivity index (χ2v) is 5.24. The number of benzene rings is 1. The maximum Gasteiger partial charge on any atom is 0.121 e. The van der Waals surface area contributed by atoms with Gasteiger partial charge in [0.15, 0.2) is 0 Å². The molecule has 0 bridgehead atoms. The van der Waals surface area contributed by atoms with Crippen LogP contribution in [0.1, 0.15) is 24.2 Å². The van der Waals surface area contributed by atoms with Crippen LogP contribution in [-0.4, -0.2) is 32.4 Å². The molecule has 1 rings (SSSR count). The molecule has 18 heavy (non-hydrogen) atoms. The van der Waals surface area contributed by atoms with Crippen LogP contribution in [0.15, 0.2) is 24.3 Å². The number of hydrogen-bond acceptors (Lipinski definition) is 4. The average Bonchev–Trinajstić information content (AvgIpc) is 2.40. The summed E-state index contributed by atoms with van der Waals surface area (Å²) in [5.41, 5.74) is 1.17. The average molecular weight is 268 g/mol. The summed E-state index contributed by atoms with van der Waals surface area (Å²) >= 11 is 1.79. The molecule has 0 aliphatic rings. The Morgan fingerprint density at radius 3 is 2.56 bits per heavy atom. The lowest BCUT2D eigenvalue weighted by atomic mass is 10.1. The first-order valence-electron chi connectivity index (χ1n) is 6.08. The first kappa shape index (κ1) is 15.1. The molecule has 0 aliphatic carbocycles. The lowest BCUT2D eigenvalue weighted by Gasteiger charge is -2.14. The summed E-state index contributed by atoms with van der Waals surface area (Å²) in [7, 11) is 1.65. The van der Waals surface area contributed by atoms with E-state index in [-0.39, 0.29) is 5.25 Å². The van der Waals surface area contributed by atoms with Crippen molar-refractivity contribution in [3.05, 3.63) is 29.8 Å². The maximum atomic E-state index is 10.7. The molecule has 0 N–H and O–H groups in total. The SMILES string of the molecule is CCSC(CC=O)c1ccc(OCCOC)cc1. The van der Waals surface area contributed by atoms with Crippen molar-refractivity contribution in [1.29, 1.82) is 0 Å². The molecule has 3 nitrogen and oxygen atoms in total. The lowest BCUT2D eigenvalue weighted by molar-refractivity contribution is -0.107. The van der Waals surface area contributed by atoms with E-state index < -0.39 is 0 Å². The Hall–Kier alpha value is -1.00. The topological polar surface area (TPSA) is 35.5 Å². The van der Waals surface area contributed by atoms with E-state index in [9.17, 15) is 4.79 Å². The highest BCUT2D eigenvalue weighted by atomic mass is 32.2. The van der Waals surface area contributed by atoms with Crippen molar-refractivity contribution in [2.24, 2.45) is 0 Å². The minimum Gasteiger partial charge on any atom is -0.491 e. The van der Waals surface area contributed by atoms with Crippen molar-refractivity contribution in [2.45, 2.75) is 18.6 Å². The molecule has 1 aromatic carbocycles. The van der Waals surface area contributed by atoms with Gasteiger partial charge in [-0.1, -0.05) is 19.1 Å². The van der Waals surface area contributed by atoms with Crippen LogP contribution in [0.4, 0.5) is 0 Å². The predicted octanol–water partition coefficient (Wildman–Crippen LogP) is 3.10. The van der Waals surface area contributed by atoms with Crippen molar-refractivity contribution >= 4 is 18.0 Å². The summed E-state index contributed by atoms with van der Waals surface area (Å²) in [4.78, 5) is 10.7. The fraction of sp³-hybridized carbons (Fsp3) is 0.500. The van der Waals surface area contributed by atoms with E-state index in [1.165, 1.54) is 5.56 Å². The smallest absolute Gasteiger partial charge is 0.121 e. The molecule has 0 aromatic heterocycles. The number of thioether (sulfide) groups is 1. The van der Waals surface area contributed by atoms with E-state index in [0.717, 1.165) is 17.8 Å². The molecule has 0 spiro atoms. The van der Waals surface area contributed by atoms with E-state index in [4.69, 9.17) is 9.47 Å². The van der Waals surface area contributed by atoms with E-state index >= 15 is 0 Å². The van der Waals surface area contributed by atoms with Crippen LogP contribution in [0.25, 0.3) is 0 Å². The van der Waals surface area contributed by atoms with Crippen LogP contribution in [0.2, 0.25) is 0 Å². The molecule has 0 amide bonds. The van der Waals surface area contributed by atoms with Crippen molar-refractivity contribution in [1.82, 2.24) is 0 Å². The second-order valence-electron chi connectivity index (χ2n) is 3.76. The van der Waals surface area contributed by atoms with Gasteiger partial charge in [-0.2, -0.15) is 11.8 Å². The van der Waals surface area contributed by atoms with E-state index in [2.05, 4.69) is 6.92 Å². The largest absolute Gasteiger partial charge is 0.491 e. The molecule has 0 fully saturated rings. The van der Waals surface area contributed by atoms with Crippen LogP contribution in [0.5, 0.6) is 5.75 Å². The Morgan fingerprint density at radius 2 is 2.00 bits per heavy atom. The number of carbonyl (C=O) groups excluding carboxylic acids is 1. The number of carbonyl (C=O) groups is 1. The molecule has 0 saturated heterocycles. The zero-order chi connectivity index (χ0) is 13.2. The van der Waals surface area contributed by atoms with Gasteiger partial charge in [0.25, 0.3) is 0 Å². The Labute approximate surface area is 113 Å². The third kappa shape index (κ3) is 5.10. The summed E-state index contributed by atoms with van der Waals surface area (Å²) in [6, 6.07) is 7.94. The summed E-state index contributed by atoms with van der Waals surface area (Å²) < 4.78 is 10.4. The van der Waals surface area contributed by atoms with Gasteiger partial charge in [-0.25, -0.2) is 0 Å². The molecule has 100 valence electrons. The van der Waals surface area contributed by atoms with Gasteiger partial charge in [-0.15, -0.1) is 0 Å². The van der Waals surface area contributed by atoms with Crippen LogP contribution < -0.4 is 4.74 Å².